The van der Waals surface area contributed by atoms with Gasteiger partial charge in [0, 0.05) is 18.6 Å². The van der Waals surface area contributed by atoms with Crippen molar-refractivity contribution >= 4 is 21.4 Å². The zero-order chi connectivity index (χ0) is 14.8. The van der Waals surface area contributed by atoms with Crippen LogP contribution in [0.15, 0.2) is 18.5 Å². The van der Waals surface area contributed by atoms with Gasteiger partial charge in [-0.1, -0.05) is 18.0 Å². The number of nitrogens with one attached hydrogen (secondary N) is 1. The maximum atomic E-state index is 11.8. The summed E-state index contributed by atoms with van der Waals surface area (Å²) in [6.07, 6.45) is 7.75. The van der Waals surface area contributed by atoms with E-state index in [4.69, 9.17) is 17.4 Å². The van der Waals surface area contributed by atoms with Crippen LogP contribution in [0.5, 0.6) is 0 Å². The molecule has 0 saturated heterocycles. The molecule has 1 aromatic rings. The Balaban J connectivity index is 2.22. The van der Waals surface area contributed by atoms with E-state index in [0.717, 1.165) is 24.8 Å². The lowest BCUT2D eigenvalue weighted by atomic mass is 9.81. The normalized spacial score (nSPS) is 25.4. The predicted molar refractivity (Wildman–Crippen MR) is 79.9 cm³/mol. The van der Waals surface area contributed by atoms with Gasteiger partial charge in [-0.3, -0.25) is 16.3 Å². The number of halogens is 1. The van der Waals surface area contributed by atoms with Gasteiger partial charge in [-0.05, 0) is 36.8 Å². The van der Waals surface area contributed by atoms with Crippen LogP contribution in [0.1, 0.15) is 37.3 Å². The van der Waals surface area contributed by atoms with E-state index in [1.54, 1.807) is 12.4 Å². The molecule has 1 fully saturated rings. The minimum atomic E-state index is -3.01. The fourth-order valence-electron chi connectivity index (χ4n) is 2.99. The summed E-state index contributed by atoms with van der Waals surface area (Å²) in [5.74, 6) is 5.84. The van der Waals surface area contributed by atoms with Crippen molar-refractivity contribution in [3.8, 4) is 0 Å². The number of hydrogen-bond donors (Lipinski definition) is 2. The minimum Gasteiger partial charge on any atom is -0.271 e. The maximum Gasteiger partial charge on any atom is 0.150 e. The van der Waals surface area contributed by atoms with E-state index in [-0.39, 0.29) is 17.2 Å². The topological polar surface area (TPSA) is 85.1 Å². The standard InChI is InChI=1S/C13H20ClN3O2S/c1-20(18,19)10-4-2-3-9(7-10)13(17-15)11-5-6-16-8-12(11)14/h5-6,8-10,13,17H,2-4,7,15H2,1H3. The van der Waals surface area contributed by atoms with Crippen LogP contribution in [0.4, 0.5) is 0 Å². The highest BCUT2D eigenvalue weighted by Gasteiger charge is 2.34. The Morgan fingerprint density at radius 3 is 2.85 bits per heavy atom. The monoisotopic (exact) mass is 317 g/mol. The van der Waals surface area contributed by atoms with Gasteiger partial charge in [0.05, 0.1) is 16.3 Å². The van der Waals surface area contributed by atoms with Gasteiger partial charge >= 0.3 is 0 Å². The van der Waals surface area contributed by atoms with Crippen molar-refractivity contribution in [2.45, 2.75) is 37.0 Å². The molecular formula is C13H20ClN3O2S. The first kappa shape index (κ1) is 15.7. The largest absolute Gasteiger partial charge is 0.271 e. The molecule has 1 aliphatic rings. The second-order valence-electron chi connectivity index (χ2n) is 5.42. The average Bonchev–Trinajstić information content (AvgIpc) is 2.41. The zero-order valence-electron chi connectivity index (χ0n) is 11.4. The molecule has 20 heavy (non-hydrogen) atoms. The second-order valence-corrected chi connectivity index (χ2v) is 8.15. The molecule has 5 nitrogen and oxygen atoms in total. The van der Waals surface area contributed by atoms with Crippen LogP contribution in [0.3, 0.4) is 0 Å². The number of hydrazine groups is 1. The van der Waals surface area contributed by atoms with Gasteiger partial charge in [0.25, 0.3) is 0 Å². The Labute approximate surface area is 124 Å². The molecular weight excluding hydrogens is 298 g/mol. The summed E-state index contributed by atoms with van der Waals surface area (Å²) in [5, 5.41) is 0.273. The molecule has 0 spiro atoms. The molecule has 1 aromatic heterocycles. The van der Waals surface area contributed by atoms with E-state index in [2.05, 4.69) is 10.4 Å². The van der Waals surface area contributed by atoms with Crippen LogP contribution in [0.2, 0.25) is 5.02 Å². The Bertz CT molecular complexity index is 564. The quantitative estimate of drug-likeness (QED) is 0.654. The SMILES string of the molecule is CS(=O)(=O)C1CCCC(C(NN)c2ccncc2Cl)C1. The lowest BCUT2D eigenvalue weighted by molar-refractivity contribution is 0.274. The van der Waals surface area contributed by atoms with Crippen LogP contribution >= 0.6 is 11.6 Å². The predicted octanol–water partition coefficient (Wildman–Crippen LogP) is 1.84. The van der Waals surface area contributed by atoms with Crippen LogP contribution in [-0.2, 0) is 9.84 Å². The first-order valence-electron chi connectivity index (χ1n) is 6.68. The lowest BCUT2D eigenvalue weighted by Gasteiger charge is -2.34. The van der Waals surface area contributed by atoms with Crippen LogP contribution in [-0.4, -0.2) is 24.9 Å². The molecule has 0 aliphatic heterocycles. The first-order valence-corrected chi connectivity index (χ1v) is 9.01. The molecule has 3 N–H and O–H groups in total. The molecule has 2 rings (SSSR count). The molecule has 0 bridgehead atoms. The lowest BCUT2D eigenvalue weighted by Crippen LogP contribution is -2.38. The summed E-state index contributed by atoms with van der Waals surface area (Å²) in [7, 11) is -3.01. The van der Waals surface area contributed by atoms with E-state index >= 15 is 0 Å². The number of nitrogens with zero attached hydrogens (tertiary/aromatic N) is 1. The molecule has 7 heteroatoms. The number of rotatable bonds is 4. The van der Waals surface area contributed by atoms with Crippen LogP contribution < -0.4 is 11.3 Å². The molecule has 0 amide bonds. The first-order chi connectivity index (χ1) is 9.43. The third-order valence-corrected chi connectivity index (χ3v) is 6.02. The van der Waals surface area contributed by atoms with Gasteiger partial charge in [0.15, 0.2) is 0 Å². The molecule has 112 valence electrons. The van der Waals surface area contributed by atoms with E-state index in [1.165, 1.54) is 6.26 Å². The van der Waals surface area contributed by atoms with Crippen molar-refractivity contribution in [2.75, 3.05) is 6.26 Å². The molecule has 3 atom stereocenters. The number of sulfone groups is 1. The average molecular weight is 318 g/mol. The van der Waals surface area contributed by atoms with Crippen molar-refractivity contribution in [1.82, 2.24) is 10.4 Å². The third kappa shape index (κ3) is 3.49. The number of nitrogens with two attached hydrogens (primary N) is 1. The van der Waals surface area contributed by atoms with E-state index < -0.39 is 9.84 Å². The maximum absolute atomic E-state index is 11.8. The summed E-state index contributed by atoms with van der Waals surface area (Å²) in [5.41, 5.74) is 3.67. The van der Waals surface area contributed by atoms with Crippen molar-refractivity contribution < 1.29 is 8.42 Å². The van der Waals surface area contributed by atoms with Gasteiger partial charge in [-0.25, -0.2) is 8.42 Å². The van der Waals surface area contributed by atoms with Gasteiger partial charge in [-0.15, -0.1) is 0 Å². The van der Waals surface area contributed by atoms with Gasteiger partial charge in [-0.2, -0.15) is 0 Å². The van der Waals surface area contributed by atoms with E-state index in [1.807, 2.05) is 6.07 Å². The second kappa shape index (κ2) is 6.39. The fourth-order valence-corrected chi connectivity index (χ4v) is 4.42. The summed E-state index contributed by atoms with van der Waals surface area (Å²) >= 11 is 6.17. The molecule has 1 saturated carbocycles. The van der Waals surface area contributed by atoms with E-state index in [0.29, 0.717) is 11.4 Å². The van der Waals surface area contributed by atoms with E-state index in [9.17, 15) is 8.42 Å². The molecule has 0 radical (unpaired) electrons. The third-order valence-electron chi connectivity index (χ3n) is 4.06. The Morgan fingerprint density at radius 1 is 1.50 bits per heavy atom. The highest BCUT2D eigenvalue weighted by atomic mass is 35.5. The molecule has 0 aromatic carbocycles. The van der Waals surface area contributed by atoms with Crippen molar-refractivity contribution in [3.63, 3.8) is 0 Å². The summed E-state index contributed by atoms with van der Waals surface area (Å²) in [6.45, 7) is 0. The molecule has 3 unspecified atom stereocenters. The van der Waals surface area contributed by atoms with Crippen molar-refractivity contribution in [3.05, 3.63) is 29.0 Å². The number of aromatic nitrogens is 1. The number of pyridine rings is 1. The van der Waals surface area contributed by atoms with Gasteiger partial charge in [0.2, 0.25) is 0 Å². The van der Waals surface area contributed by atoms with Crippen LogP contribution in [0.25, 0.3) is 0 Å². The zero-order valence-corrected chi connectivity index (χ0v) is 13.0. The van der Waals surface area contributed by atoms with Gasteiger partial charge < -0.3 is 0 Å². The van der Waals surface area contributed by atoms with Crippen molar-refractivity contribution in [1.29, 1.82) is 0 Å². The highest BCUT2D eigenvalue weighted by molar-refractivity contribution is 7.91. The highest BCUT2D eigenvalue weighted by Crippen LogP contribution is 2.38. The Hall–Kier alpha value is -0.690. The van der Waals surface area contributed by atoms with Crippen LogP contribution in [0, 0.1) is 5.92 Å². The Morgan fingerprint density at radius 2 is 2.25 bits per heavy atom. The summed E-state index contributed by atoms with van der Waals surface area (Å²) in [6, 6.07) is 1.69. The van der Waals surface area contributed by atoms with Crippen molar-refractivity contribution in [2.24, 2.45) is 11.8 Å². The summed E-state index contributed by atoms with van der Waals surface area (Å²) in [4.78, 5) is 3.96. The fraction of sp³-hybridized carbons (Fsp3) is 0.615. The minimum absolute atomic E-state index is 0.143. The Kier molecular flexibility index (Phi) is 5.01. The molecule has 1 aliphatic carbocycles. The summed E-state index contributed by atoms with van der Waals surface area (Å²) < 4.78 is 23.5. The smallest absolute Gasteiger partial charge is 0.150 e. The number of hydrogen-bond acceptors (Lipinski definition) is 5. The molecule has 1 heterocycles. The van der Waals surface area contributed by atoms with Gasteiger partial charge in [0.1, 0.15) is 9.84 Å².